The zero-order valence-corrected chi connectivity index (χ0v) is 10.6. The average molecular weight is 258 g/mol. The molecule has 0 aliphatic carbocycles. The summed E-state index contributed by atoms with van der Waals surface area (Å²) in [6.45, 7) is 1.98. The molecular formula is C11H18N2O3S. The van der Waals surface area contributed by atoms with Gasteiger partial charge in [0.1, 0.15) is 0 Å². The summed E-state index contributed by atoms with van der Waals surface area (Å²) in [7, 11) is -3.49. The Morgan fingerprint density at radius 3 is 2.76 bits per heavy atom. The highest BCUT2D eigenvalue weighted by Crippen LogP contribution is 2.12. The minimum atomic E-state index is -3.49. The summed E-state index contributed by atoms with van der Waals surface area (Å²) in [4.78, 5) is 0.162. The molecule has 0 spiro atoms. The number of sulfonamides is 1. The number of aliphatic hydroxyl groups is 1. The van der Waals surface area contributed by atoms with Crippen LogP contribution in [-0.2, 0) is 10.0 Å². The fourth-order valence-corrected chi connectivity index (χ4v) is 2.50. The molecule has 1 atom stereocenters. The molecule has 0 radical (unpaired) electrons. The van der Waals surface area contributed by atoms with Gasteiger partial charge < -0.3 is 10.8 Å². The van der Waals surface area contributed by atoms with Crippen molar-refractivity contribution < 1.29 is 13.5 Å². The van der Waals surface area contributed by atoms with E-state index in [1.54, 1.807) is 19.1 Å². The van der Waals surface area contributed by atoms with E-state index in [9.17, 15) is 8.42 Å². The standard InChI is InChI=1S/C11H18N2O3S/c1-9(14)4-3-7-13-17(15,16)11-6-2-5-10(12)8-11/h2,5-6,8-9,13-14H,3-4,7,12H2,1H3. The Balaban J connectivity index is 2.57. The van der Waals surface area contributed by atoms with Crippen LogP contribution in [0.1, 0.15) is 19.8 Å². The molecule has 1 aromatic rings. The van der Waals surface area contributed by atoms with Crippen molar-refractivity contribution in [3.05, 3.63) is 24.3 Å². The van der Waals surface area contributed by atoms with Crippen LogP contribution in [0, 0.1) is 0 Å². The average Bonchev–Trinajstić information content (AvgIpc) is 2.24. The van der Waals surface area contributed by atoms with Crippen molar-refractivity contribution in [3.63, 3.8) is 0 Å². The first-order chi connectivity index (χ1) is 7.92. The molecule has 0 heterocycles. The maximum Gasteiger partial charge on any atom is 0.240 e. The van der Waals surface area contributed by atoms with Crippen molar-refractivity contribution >= 4 is 15.7 Å². The van der Waals surface area contributed by atoms with Crippen LogP contribution < -0.4 is 10.5 Å². The van der Waals surface area contributed by atoms with Crippen molar-refractivity contribution in [3.8, 4) is 0 Å². The van der Waals surface area contributed by atoms with Gasteiger partial charge in [0.15, 0.2) is 0 Å². The molecule has 5 nitrogen and oxygen atoms in total. The number of aliphatic hydroxyl groups excluding tert-OH is 1. The van der Waals surface area contributed by atoms with E-state index in [1.165, 1.54) is 12.1 Å². The van der Waals surface area contributed by atoms with E-state index in [-0.39, 0.29) is 4.90 Å². The van der Waals surface area contributed by atoms with Gasteiger partial charge in [0.05, 0.1) is 11.0 Å². The molecule has 1 rings (SSSR count). The molecular weight excluding hydrogens is 240 g/mol. The molecule has 0 saturated carbocycles. The van der Waals surface area contributed by atoms with Gasteiger partial charge in [0.25, 0.3) is 0 Å². The van der Waals surface area contributed by atoms with Gasteiger partial charge in [-0.25, -0.2) is 13.1 Å². The van der Waals surface area contributed by atoms with E-state index >= 15 is 0 Å². The monoisotopic (exact) mass is 258 g/mol. The second kappa shape index (κ2) is 6.00. The van der Waals surface area contributed by atoms with Gasteiger partial charge in [-0.05, 0) is 38.0 Å². The SMILES string of the molecule is CC(O)CCCNS(=O)(=O)c1cccc(N)c1. The lowest BCUT2D eigenvalue weighted by atomic mass is 10.2. The quantitative estimate of drug-likeness (QED) is 0.517. The van der Waals surface area contributed by atoms with Crippen molar-refractivity contribution in [2.24, 2.45) is 0 Å². The third-order valence-electron chi connectivity index (χ3n) is 2.26. The highest BCUT2D eigenvalue weighted by Gasteiger charge is 2.13. The van der Waals surface area contributed by atoms with E-state index in [2.05, 4.69) is 4.72 Å². The van der Waals surface area contributed by atoms with Gasteiger partial charge in [-0.1, -0.05) is 6.07 Å². The van der Waals surface area contributed by atoms with Crippen LogP contribution in [0.3, 0.4) is 0 Å². The van der Waals surface area contributed by atoms with Crippen LogP contribution in [0.25, 0.3) is 0 Å². The molecule has 4 N–H and O–H groups in total. The van der Waals surface area contributed by atoms with Crippen LogP contribution in [0.4, 0.5) is 5.69 Å². The lowest BCUT2D eigenvalue weighted by Crippen LogP contribution is -2.25. The second-order valence-corrected chi connectivity index (χ2v) is 5.73. The fraction of sp³-hybridized carbons (Fsp3) is 0.455. The smallest absolute Gasteiger partial charge is 0.240 e. The summed E-state index contributed by atoms with van der Waals surface area (Å²) >= 11 is 0. The Morgan fingerprint density at radius 1 is 1.47 bits per heavy atom. The first kappa shape index (κ1) is 14.0. The van der Waals surface area contributed by atoms with E-state index in [0.29, 0.717) is 25.1 Å². The number of hydrogen-bond donors (Lipinski definition) is 3. The number of nitrogens with one attached hydrogen (secondary N) is 1. The number of benzene rings is 1. The first-order valence-electron chi connectivity index (χ1n) is 5.45. The summed E-state index contributed by atoms with van der Waals surface area (Å²) < 4.78 is 26.1. The summed E-state index contributed by atoms with van der Waals surface area (Å²) in [5.74, 6) is 0. The maximum absolute atomic E-state index is 11.8. The predicted octanol–water partition coefficient (Wildman–Crippen LogP) is 0.708. The molecule has 0 aliphatic heterocycles. The summed E-state index contributed by atoms with van der Waals surface area (Å²) in [6, 6.07) is 6.14. The second-order valence-electron chi connectivity index (χ2n) is 3.96. The van der Waals surface area contributed by atoms with E-state index in [0.717, 1.165) is 0 Å². The van der Waals surface area contributed by atoms with Crippen molar-refractivity contribution in [2.45, 2.75) is 30.8 Å². The minimum Gasteiger partial charge on any atom is -0.399 e. The molecule has 0 bridgehead atoms. The summed E-state index contributed by atoms with van der Waals surface area (Å²) in [5, 5.41) is 9.04. The van der Waals surface area contributed by atoms with Crippen molar-refractivity contribution in [1.29, 1.82) is 0 Å². The third kappa shape index (κ3) is 4.72. The first-order valence-corrected chi connectivity index (χ1v) is 6.93. The van der Waals surface area contributed by atoms with Crippen LogP contribution >= 0.6 is 0 Å². The molecule has 0 amide bonds. The lowest BCUT2D eigenvalue weighted by molar-refractivity contribution is 0.182. The number of anilines is 1. The molecule has 1 unspecified atom stereocenters. The molecule has 0 saturated heterocycles. The van der Waals surface area contributed by atoms with Gasteiger partial charge in [-0.3, -0.25) is 0 Å². The van der Waals surface area contributed by atoms with Gasteiger partial charge in [0, 0.05) is 12.2 Å². The molecule has 1 aromatic carbocycles. The Hall–Kier alpha value is -1.11. The number of nitrogen functional groups attached to an aromatic ring is 1. The predicted molar refractivity (Wildman–Crippen MR) is 67.0 cm³/mol. The fourth-order valence-electron chi connectivity index (χ4n) is 1.37. The zero-order chi connectivity index (χ0) is 12.9. The van der Waals surface area contributed by atoms with Crippen LogP contribution in [0.15, 0.2) is 29.2 Å². The molecule has 17 heavy (non-hydrogen) atoms. The molecule has 6 heteroatoms. The third-order valence-corrected chi connectivity index (χ3v) is 3.72. The van der Waals surface area contributed by atoms with Crippen LogP contribution in [0.5, 0.6) is 0 Å². The van der Waals surface area contributed by atoms with E-state index in [4.69, 9.17) is 10.8 Å². The lowest BCUT2D eigenvalue weighted by Gasteiger charge is -2.08. The van der Waals surface area contributed by atoms with Crippen LogP contribution in [-0.4, -0.2) is 26.2 Å². The Labute approximate surface area is 102 Å². The van der Waals surface area contributed by atoms with E-state index < -0.39 is 16.1 Å². The Morgan fingerprint density at radius 2 is 2.18 bits per heavy atom. The highest BCUT2D eigenvalue weighted by molar-refractivity contribution is 7.89. The number of nitrogens with two attached hydrogens (primary N) is 1. The van der Waals surface area contributed by atoms with Crippen LogP contribution in [0.2, 0.25) is 0 Å². The largest absolute Gasteiger partial charge is 0.399 e. The summed E-state index contributed by atoms with van der Waals surface area (Å²) in [5.41, 5.74) is 5.94. The van der Waals surface area contributed by atoms with Gasteiger partial charge in [-0.15, -0.1) is 0 Å². The zero-order valence-electron chi connectivity index (χ0n) is 9.76. The Kier molecular flexibility index (Phi) is 4.92. The molecule has 0 fully saturated rings. The van der Waals surface area contributed by atoms with Gasteiger partial charge in [-0.2, -0.15) is 0 Å². The molecule has 96 valence electrons. The summed E-state index contributed by atoms with van der Waals surface area (Å²) in [6.07, 6.45) is 0.755. The van der Waals surface area contributed by atoms with Crippen molar-refractivity contribution in [2.75, 3.05) is 12.3 Å². The highest BCUT2D eigenvalue weighted by atomic mass is 32.2. The molecule has 0 aliphatic rings. The number of rotatable bonds is 6. The van der Waals surface area contributed by atoms with Gasteiger partial charge >= 0.3 is 0 Å². The van der Waals surface area contributed by atoms with Crippen molar-refractivity contribution in [1.82, 2.24) is 4.72 Å². The topological polar surface area (TPSA) is 92.4 Å². The Bertz CT molecular complexity index is 458. The number of hydrogen-bond acceptors (Lipinski definition) is 4. The molecule has 0 aromatic heterocycles. The van der Waals surface area contributed by atoms with Gasteiger partial charge in [0.2, 0.25) is 10.0 Å². The van der Waals surface area contributed by atoms with E-state index in [1.807, 2.05) is 0 Å². The normalized spacial score (nSPS) is 13.5. The minimum absolute atomic E-state index is 0.162. The maximum atomic E-state index is 11.8.